The summed E-state index contributed by atoms with van der Waals surface area (Å²) in [7, 11) is 0. The van der Waals surface area contributed by atoms with Crippen molar-refractivity contribution in [2.75, 3.05) is 11.9 Å². The van der Waals surface area contributed by atoms with Crippen LogP contribution in [0.3, 0.4) is 0 Å². The lowest BCUT2D eigenvalue weighted by Crippen LogP contribution is -2.29. The molecule has 7 nitrogen and oxygen atoms in total. The minimum absolute atomic E-state index is 0.0136. The summed E-state index contributed by atoms with van der Waals surface area (Å²) in [4.78, 5) is 15.8. The first-order valence-corrected chi connectivity index (χ1v) is 13.5. The molecule has 0 aliphatic heterocycles. The lowest BCUT2D eigenvalue weighted by molar-refractivity contribution is -0.192. The van der Waals surface area contributed by atoms with Gasteiger partial charge in [0.05, 0.1) is 28.7 Å². The Morgan fingerprint density at radius 2 is 2.05 bits per heavy atom. The zero-order chi connectivity index (χ0) is 27.9. The van der Waals surface area contributed by atoms with E-state index >= 15 is 0 Å². The van der Waals surface area contributed by atoms with E-state index in [2.05, 4.69) is 45.7 Å². The topological polar surface area (TPSA) is 129 Å². The Morgan fingerprint density at radius 1 is 1.34 bits per heavy atom. The first-order chi connectivity index (χ1) is 18.0. The fourth-order valence-electron chi connectivity index (χ4n) is 3.62. The van der Waals surface area contributed by atoms with Gasteiger partial charge in [-0.2, -0.15) is 13.2 Å². The highest BCUT2D eigenvalue weighted by Crippen LogP contribution is 2.43. The predicted octanol–water partition coefficient (Wildman–Crippen LogP) is 5.11. The van der Waals surface area contributed by atoms with Gasteiger partial charge in [-0.25, -0.2) is 9.78 Å². The third-order valence-corrected chi connectivity index (χ3v) is 7.91. The third kappa shape index (κ3) is 7.92. The molecule has 1 aliphatic carbocycles. The van der Waals surface area contributed by atoms with Crippen LogP contribution in [0.1, 0.15) is 40.5 Å². The fraction of sp³-hybridized carbons (Fsp3) is 0.360. The Labute approximate surface area is 229 Å². The number of aliphatic hydroxyl groups excluding tert-OH is 2. The van der Waals surface area contributed by atoms with Gasteiger partial charge in [0.25, 0.3) is 0 Å². The van der Waals surface area contributed by atoms with Crippen molar-refractivity contribution >= 4 is 56.1 Å². The number of carbonyl (C=O) groups is 1. The number of anilines is 1. The molecule has 0 fully saturated rings. The van der Waals surface area contributed by atoms with Crippen LogP contribution in [-0.2, 0) is 11.3 Å². The van der Waals surface area contributed by atoms with E-state index in [1.165, 1.54) is 4.88 Å². The molecule has 4 rings (SSSR count). The first kappa shape index (κ1) is 29.9. The Hall–Kier alpha value is -2.66. The van der Waals surface area contributed by atoms with Gasteiger partial charge < -0.3 is 26.4 Å². The van der Waals surface area contributed by atoms with Crippen LogP contribution in [0.5, 0.6) is 0 Å². The number of rotatable bonds is 6. The van der Waals surface area contributed by atoms with Gasteiger partial charge in [0, 0.05) is 40.7 Å². The number of aromatic nitrogens is 1. The lowest BCUT2D eigenvalue weighted by atomic mass is 9.87. The van der Waals surface area contributed by atoms with Crippen LogP contribution >= 0.6 is 34.3 Å². The number of aliphatic hydroxyl groups is 2. The van der Waals surface area contributed by atoms with Gasteiger partial charge in [-0.1, -0.05) is 41.7 Å². The van der Waals surface area contributed by atoms with Gasteiger partial charge in [-0.05, 0) is 24.3 Å². The third-order valence-electron chi connectivity index (χ3n) is 5.49. The molecule has 38 heavy (non-hydrogen) atoms. The second kappa shape index (κ2) is 13.4. The summed E-state index contributed by atoms with van der Waals surface area (Å²) in [6.45, 7) is 0.390. The van der Waals surface area contributed by atoms with Gasteiger partial charge in [-0.3, -0.25) is 0 Å². The van der Waals surface area contributed by atoms with Crippen LogP contribution in [0.15, 0.2) is 35.7 Å². The fourth-order valence-corrected chi connectivity index (χ4v) is 5.84. The zero-order valence-corrected chi connectivity index (χ0v) is 22.2. The van der Waals surface area contributed by atoms with Crippen LogP contribution in [-0.4, -0.2) is 51.2 Å². The Bertz CT molecular complexity index is 1330. The first-order valence-electron chi connectivity index (χ1n) is 11.4. The van der Waals surface area contributed by atoms with E-state index in [9.17, 15) is 18.3 Å². The second-order valence-corrected chi connectivity index (χ2v) is 10.8. The molecule has 204 valence electrons. The summed E-state index contributed by atoms with van der Waals surface area (Å²) in [6.07, 6.45) is 0.219. The van der Waals surface area contributed by atoms with E-state index in [1.807, 2.05) is 12.1 Å². The number of allylic oxidation sites excluding steroid dienone is 1. The molecular formula is C25H25ClF3N3O4S2. The molecule has 3 atom stereocenters. The maximum atomic E-state index is 10.6. The normalized spacial score (nSPS) is 17.8. The number of carboxylic acid groups (broad SMARTS) is 1. The van der Waals surface area contributed by atoms with Crippen molar-refractivity contribution in [3.05, 3.63) is 56.2 Å². The molecule has 0 saturated carbocycles. The molecule has 3 heterocycles. The molecule has 0 saturated heterocycles. The average Bonchev–Trinajstić information content (AvgIpc) is 3.51. The molecule has 1 aliphatic rings. The number of halogens is 4. The van der Waals surface area contributed by atoms with E-state index in [0.717, 1.165) is 39.2 Å². The summed E-state index contributed by atoms with van der Waals surface area (Å²) in [5.74, 6) is 3.61. The van der Waals surface area contributed by atoms with Crippen LogP contribution in [0.4, 0.5) is 18.9 Å². The van der Waals surface area contributed by atoms with Crippen LogP contribution in [0, 0.1) is 11.8 Å². The smallest absolute Gasteiger partial charge is 0.475 e. The van der Waals surface area contributed by atoms with Gasteiger partial charge in [0.1, 0.15) is 10.7 Å². The van der Waals surface area contributed by atoms with Gasteiger partial charge in [-0.15, -0.1) is 22.7 Å². The number of carboxylic acids is 1. The Morgan fingerprint density at radius 3 is 2.66 bits per heavy atom. The number of hydrogen-bond acceptors (Lipinski definition) is 8. The molecule has 6 N–H and O–H groups in total. The highest BCUT2D eigenvalue weighted by Gasteiger charge is 2.38. The lowest BCUT2D eigenvalue weighted by Gasteiger charge is -2.24. The van der Waals surface area contributed by atoms with Crippen molar-refractivity contribution < 1.29 is 33.3 Å². The van der Waals surface area contributed by atoms with Crippen molar-refractivity contribution in [1.82, 2.24) is 4.98 Å². The van der Waals surface area contributed by atoms with Crippen molar-refractivity contribution in [3.63, 3.8) is 0 Å². The second-order valence-electron chi connectivity index (χ2n) is 8.30. The number of fused-ring (bicyclic) bond motifs is 1. The molecule has 0 spiro atoms. The zero-order valence-electron chi connectivity index (χ0n) is 19.8. The number of nitrogens with two attached hydrogens (primary N) is 1. The highest BCUT2D eigenvalue weighted by atomic mass is 35.5. The quantitative estimate of drug-likeness (QED) is 0.154. The molecule has 0 radical (unpaired) electrons. The Kier molecular flexibility index (Phi) is 10.6. The molecule has 0 amide bonds. The number of aliphatic carboxylic acids is 1. The molecular weight excluding hydrogens is 563 g/mol. The van der Waals surface area contributed by atoms with E-state index in [4.69, 9.17) is 32.3 Å². The highest BCUT2D eigenvalue weighted by molar-refractivity contribution is 7.20. The van der Waals surface area contributed by atoms with Crippen molar-refractivity contribution in [1.29, 1.82) is 0 Å². The number of nitrogens with one attached hydrogen (secondary N) is 1. The summed E-state index contributed by atoms with van der Waals surface area (Å²) in [5, 5.41) is 31.9. The summed E-state index contributed by atoms with van der Waals surface area (Å²) in [6, 6.07) is 5.99. The number of thiophene rings is 2. The SMILES string of the molecule is N[C@H]1CC=CC[C@@H]1c1sc2c(NCc3cccs3)cc(Cl)nc2c1C#CC[C@@H](O)CO.O=C(O)C(F)(F)F. The Balaban J connectivity index is 0.000000505. The standard InChI is InChI=1S/C23H24ClN3O2S2.C2HF3O2/c24-20-11-19(26-12-15-6-4-10-30-15)23-21(27-20)17(8-3-5-14(29)13-28)22(31-23)16-7-1-2-9-18(16)25;3-2(4,5)1(6)7/h1-2,4,6,10-11,14,16,18,28-29H,5,7,9,12-13,25H2,(H,26,27);(H,6,7)/t14-,16+,18+;/m1./s1. The van der Waals surface area contributed by atoms with Crippen LogP contribution < -0.4 is 11.1 Å². The molecule has 0 bridgehead atoms. The van der Waals surface area contributed by atoms with E-state index in [1.54, 1.807) is 22.7 Å². The minimum atomic E-state index is -5.08. The van der Waals surface area contributed by atoms with Crippen molar-refractivity contribution in [3.8, 4) is 11.8 Å². The number of hydrogen-bond donors (Lipinski definition) is 5. The monoisotopic (exact) mass is 587 g/mol. The van der Waals surface area contributed by atoms with Crippen molar-refractivity contribution in [2.24, 2.45) is 5.73 Å². The van der Waals surface area contributed by atoms with Gasteiger partial charge >= 0.3 is 12.1 Å². The molecule has 13 heteroatoms. The number of alkyl halides is 3. The van der Waals surface area contributed by atoms with E-state index in [0.29, 0.717) is 11.7 Å². The van der Waals surface area contributed by atoms with Gasteiger partial charge in [0.2, 0.25) is 0 Å². The average molecular weight is 588 g/mol. The largest absolute Gasteiger partial charge is 0.490 e. The van der Waals surface area contributed by atoms with Gasteiger partial charge in [0.15, 0.2) is 0 Å². The molecule has 3 aromatic rings. The van der Waals surface area contributed by atoms with Crippen LogP contribution in [0.2, 0.25) is 5.15 Å². The number of nitrogens with zero attached hydrogens (tertiary/aromatic N) is 1. The summed E-state index contributed by atoms with van der Waals surface area (Å²) >= 11 is 9.75. The molecule has 0 aromatic carbocycles. The molecule has 3 aromatic heterocycles. The van der Waals surface area contributed by atoms with Crippen LogP contribution in [0.25, 0.3) is 10.2 Å². The minimum Gasteiger partial charge on any atom is -0.475 e. The summed E-state index contributed by atoms with van der Waals surface area (Å²) in [5.41, 5.74) is 8.97. The van der Waals surface area contributed by atoms with Crippen molar-refractivity contribution in [2.45, 2.75) is 50.0 Å². The summed E-state index contributed by atoms with van der Waals surface area (Å²) < 4.78 is 32.7. The van der Waals surface area contributed by atoms with E-state index < -0.39 is 18.2 Å². The molecule has 0 unspecified atom stereocenters. The maximum Gasteiger partial charge on any atom is 0.490 e. The van der Waals surface area contributed by atoms with E-state index in [-0.39, 0.29) is 25.0 Å². The predicted molar refractivity (Wildman–Crippen MR) is 144 cm³/mol. The number of pyridine rings is 1. The maximum absolute atomic E-state index is 10.6.